The number of aryl methyl sites for hydroxylation is 2. The first-order chi connectivity index (χ1) is 7.69. The van der Waals surface area contributed by atoms with Crippen LogP contribution in [0.2, 0.25) is 0 Å². The quantitative estimate of drug-likeness (QED) is 0.824. The number of rotatable bonds is 3. The van der Waals surface area contributed by atoms with Crippen LogP contribution in [0, 0.1) is 13.8 Å². The van der Waals surface area contributed by atoms with Gasteiger partial charge in [-0.2, -0.15) is 5.10 Å². The average Bonchev–Trinajstić information content (AvgIpc) is 2.65. The maximum absolute atomic E-state index is 5.51. The second kappa shape index (κ2) is 4.49. The van der Waals surface area contributed by atoms with E-state index >= 15 is 0 Å². The van der Waals surface area contributed by atoms with E-state index in [2.05, 4.69) is 48.3 Å². The molecule has 1 aromatic carbocycles. The molecule has 3 nitrogen and oxygen atoms in total. The van der Waals surface area contributed by atoms with E-state index in [-0.39, 0.29) is 0 Å². The van der Waals surface area contributed by atoms with E-state index < -0.39 is 0 Å². The van der Waals surface area contributed by atoms with Gasteiger partial charge >= 0.3 is 0 Å². The lowest BCUT2D eigenvalue weighted by molar-refractivity contribution is 0.902. The van der Waals surface area contributed by atoms with Gasteiger partial charge in [0.25, 0.3) is 0 Å². The molecule has 0 saturated carbocycles. The van der Waals surface area contributed by atoms with Gasteiger partial charge in [-0.15, -0.1) is 0 Å². The Bertz CT molecular complexity index is 465. The zero-order valence-corrected chi connectivity index (χ0v) is 9.75. The third kappa shape index (κ3) is 2.31. The van der Waals surface area contributed by atoms with E-state index in [1.54, 1.807) is 0 Å². The van der Waals surface area contributed by atoms with E-state index in [1.165, 1.54) is 11.1 Å². The monoisotopic (exact) mass is 215 g/mol. The van der Waals surface area contributed by atoms with Crippen molar-refractivity contribution in [1.82, 2.24) is 10.2 Å². The highest BCUT2D eigenvalue weighted by Crippen LogP contribution is 2.20. The molecule has 3 N–H and O–H groups in total. The Hall–Kier alpha value is -1.61. The highest BCUT2D eigenvalue weighted by molar-refractivity contribution is 5.61. The molecule has 0 radical (unpaired) electrons. The lowest BCUT2D eigenvalue weighted by Crippen LogP contribution is -2.02. The first kappa shape index (κ1) is 10.9. The molecule has 1 aromatic heterocycles. The van der Waals surface area contributed by atoms with E-state index in [0.717, 1.165) is 23.4 Å². The Morgan fingerprint density at radius 1 is 1.12 bits per heavy atom. The van der Waals surface area contributed by atoms with Gasteiger partial charge in [0.1, 0.15) is 0 Å². The molecule has 16 heavy (non-hydrogen) atoms. The zero-order chi connectivity index (χ0) is 11.5. The van der Waals surface area contributed by atoms with Crippen LogP contribution >= 0.6 is 0 Å². The van der Waals surface area contributed by atoms with Crippen molar-refractivity contribution >= 4 is 0 Å². The number of nitrogens with zero attached hydrogens (tertiary/aromatic N) is 1. The second-order valence-electron chi connectivity index (χ2n) is 4.19. The summed E-state index contributed by atoms with van der Waals surface area (Å²) in [6.45, 7) is 4.85. The van der Waals surface area contributed by atoms with E-state index in [0.29, 0.717) is 6.54 Å². The van der Waals surface area contributed by atoms with E-state index in [9.17, 15) is 0 Å². The molecule has 0 spiro atoms. The van der Waals surface area contributed by atoms with Crippen molar-refractivity contribution in [2.75, 3.05) is 6.54 Å². The van der Waals surface area contributed by atoms with Crippen molar-refractivity contribution in [3.05, 3.63) is 41.1 Å². The van der Waals surface area contributed by atoms with Crippen molar-refractivity contribution in [2.24, 2.45) is 5.73 Å². The molecule has 0 amide bonds. The molecule has 0 aliphatic heterocycles. The highest BCUT2D eigenvalue weighted by Gasteiger charge is 2.04. The van der Waals surface area contributed by atoms with Gasteiger partial charge in [-0.05, 0) is 38.6 Å². The molecule has 2 rings (SSSR count). The van der Waals surface area contributed by atoms with Crippen LogP contribution in [0.1, 0.15) is 16.8 Å². The number of aromatic amines is 1. The van der Waals surface area contributed by atoms with Crippen LogP contribution in [-0.2, 0) is 6.42 Å². The SMILES string of the molecule is Cc1cc(C)cc(-c2cc(CCN)[nH]n2)c1. The molecule has 0 aliphatic rings. The van der Waals surface area contributed by atoms with Crippen molar-refractivity contribution in [3.8, 4) is 11.3 Å². The van der Waals surface area contributed by atoms with Crippen LogP contribution in [0.25, 0.3) is 11.3 Å². The molecule has 0 bridgehead atoms. The third-order valence-electron chi connectivity index (χ3n) is 2.56. The van der Waals surface area contributed by atoms with Crippen LogP contribution < -0.4 is 5.73 Å². The summed E-state index contributed by atoms with van der Waals surface area (Å²) in [4.78, 5) is 0. The fraction of sp³-hybridized carbons (Fsp3) is 0.308. The molecule has 0 saturated heterocycles. The number of nitrogens with one attached hydrogen (secondary N) is 1. The van der Waals surface area contributed by atoms with Crippen molar-refractivity contribution in [1.29, 1.82) is 0 Å². The lowest BCUT2D eigenvalue weighted by Gasteiger charge is -2.01. The Morgan fingerprint density at radius 2 is 1.81 bits per heavy atom. The summed E-state index contributed by atoms with van der Waals surface area (Å²) in [6.07, 6.45) is 0.845. The summed E-state index contributed by atoms with van der Waals surface area (Å²) < 4.78 is 0. The van der Waals surface area contributed by atoms with Gasteiger partial charge < -0.3 is 5.73 Å². The minimum absolute atomic E-state index is 0.647. The minimum atomic E-state index is 0.647. The van der Waals surface area contributed by atoms with Gasteiger partial charge in [0, 0.05) is 17.7 Å². The summed E-state index contributed by atoms with van der Waals surface area (Å²) in [6, 6.07) is 8.53. The number of hydrogen-bond acceptors (Lipinski definition) is 2. The molecular formula is C13H17N3. The Kier molecular flexibility index (Phi) is 3.06. The third-order valence-corrected chi connectivity index (χ3v) is 2.56. The summed E-state index contributed by atoms with van der Waals surface area (Å²) in [5, 5.41) is 7.32. The van der Waals surface area contributed by atoms with E-state index in [1.807, 2.05) is 0 Å². The second-order valence-corrected chi connectivity index (χ2v) is 4.19. The van der Waals surface area contributed by atoms with Crippen molar-refractivity contribution in [3.63, 3.8) is 0 Å². The van der Waals surface area contributed by atoms with Gasteiger partial charge in [-0.25, -0.2) is 0 Å². The first-order valence-corrected chi connectivity index (χ1v) is 5.52. The minimum Gasteiger partial charge on any atom is -0.330 e. The van der Waals surface area contributed by atoms with Gasteiger partial charge in [0.15, 0.2) is 0 Å². The van der Waals surface area contributed by atoms with Crippen LogP contribution in [0.5, 0.6) is 0 Å². The lowest BCUT2D eigenvalue weighted by atomic mass is 10.0. The average molecular weight is 215 g/mol. The fourth-order valence-electron chi connectivity index (χ4n) is 1.92. The number of nitrogens with two attached hydrogens (primary N) is 1. The zero-order valence-electron chi connectivity index (χ0n) is 9.75. The van der Waals surface area contributed by atoms with Gasteiger partial charge in [-0.3, -0.25) is 5.10 Å². The smallest absolute Gasteiger partial charge is 0.0923 e. The van der Waals surface area contributed by atoms with Crippen LogP contribution in [0.3, 0.4) is 0 Å². The first-order valence-electron chi connectivity index (χ1n) is 5.52. The topological polar surface area (TPSA) is 54.7 Å². The van der Waals surface area contributed by atoms with Crippen LogP contribution in [0.15, 0.2) is 24.3 Å². The molecule has 3 heteroatoms. The molecule has 0 atom stereocenters. The Labute approximate surface area is 95.7 Å². The van der Waals surface area contributed by atoms with Gasteiger partial charge in [0.2, 0.25) is 0 Å². The molecule has 0 unspecified atom stereocenters. The number of aromatic nitrogens is 2. The van der Waals surface area contributed by atoms with Crippen LogP contribution in [-0.4, -0.2) is 16.7 Å². The predicted molar refractivity (Wildman–Crippen MR) is 66.3 cm³/mol. The van der Waals surface area contributed by atoms with Crippen LogP contribution in [0.4, 0.5) is 0 Å². The fourth-order valence-corrected chi connectivity index (χ4v) is 1.92. The van der Waals surface area contributed by atoms with Gasteiger partial charge in [0.05, 0.1) is 5.69 Å². The molecule has 1 heterocycles. The Morgan fingerprint density at radius 3 is 2.44 bits per heavy atom. The predicted octanol–water partition coefficient (Wildman–Crippen LogP) is 2.19. The molecule has 84 valence electrons. The number of H-pyrrole nitrogens is 1. The molecular weight excluding hydrogens is 198 g/mol. The van der Waals surface area contributed by atoms with E-state index in [4.69, 9.17) is 5.73 Å². The molecule has 0 aliphatic carbocycles. The molecule has 0 fully saturated rings. The maximum Gasteiger partial charge on any atom is 0.0923 e. The Balaban J connectivity index is 2.34. The normalized spacial score (nSPS) is 10.7. The molecule has 2 aromatic rings. The standard InChI is InChI=1S/C13H17N3/c1-9-5-10(2)7-11(6-9)13-8-12(3-4-14)15-16-13/h5-8H,3-4,14H2,1-2H3,(H,15,16). The largest absolute Gasteiger partial charge is 0.330 e. The number of benzene rings is 1. The maximum atomic E-state index is 5.51. The van der Waals surface area contributed by atoms with Gasteiger partial charge in [-0.1, -0.05) is 17.2 Å². The summed E-state index contributed by atoms with van der Waals surface area (Å²) in [5.74, 6) is 0. The van der Waals surface area contributed by atoms with Crippen molar-refractivity contribution < 1.29 is 0 Å². The summed E-state index contributed by atoms with van der Waals surface area (Å²) >= 11 is 0. The summed E-state index contributed by atoms with van der Waals surface area (Å²) in [5.41, 5.74) is 11.3. The van der Waals surface area contributed by atoms with Crippen molar-refractivity contribution in [2.45, 2.75) is 20.3 Å². The number of hydrogen-bond donors (Lipinski definition) is 2. The summed E-state index contributed by atoms with van der Waals surface area (Å²) in [7, 11) is 0. The highest BCUT2D eigenvalue weighted by atomic mass is 15.1.